The second kappa shape index (κ2) is 25.0. The number of benzene rings is 8. The molecule has 0 fully saturated rings. The minimum absolute atomic E-state index is 0.656. The van der Waals surface area contributed by atoms with E-state index in [0.717, 1.165) is 114 Å². The molecule has 0 atom stereocenters. The molecule has 8 nitrogen and oxygen atoms in total. The molecule has 0 aliphatic heterocycles. The Labute approximate surface area is 495 Å². The number of hydrogen-bond acceptors (Lipinski definition) is 4. The molecule has 12 aromatic rings. The van der Waals surface area contributed by atoms with Crippen LogP contribution in [0.25, 0.3) is 44.5 Å². The molecular weight excluding hydrogens is 1040 g/mol. The van der Waals surface area contributed by atoms with E-state index in [1.807, 2.05) is 97.1 Å². The number of rotatable bonds is 20. The predicted molar refractivity (Wildman–Crippen MR) is 331 cm³/mol. The summed E-state index contributed by atoms with van der Waals surface area (Å²) in [5.41, 5.74) is 19.6. The lowest BCUT2D eigenvalue weighted by Gasteiger charge is -2.37. The summed E-state index contributed by atoms with van der Waals surface area (Å²) in [6, 6.07) is 84.0. The van der Waals surface area contributed by atoms with Crippen molar-refractivity contribution in [2.75, 3.05) is 0 Å². The van der Waals surface area contributed by atoms with Gasteiger partial charge in [-0.15, -0.1) is 0 Å². The van der Waals surface area contributed by atoms with Crippen LogP contribution in [0.4, 0.5) is 0 Å². The number of hydrogen-bond donors (Lipinski definition) is 0. The van der Waals surface area contributed by atoms with Crippen LogP contribution in [0, 0.1) is 0 Å². The molecule has 0 spiro atoms. The molecule has 8 heteroatoms. The van der Waals surface area contributed by atoms with E-state index in [2.05, 4.69) is 213 Å². The summed E-state index contributed by atoms with van der Waals surface area (Å²) in [4.78, 5) is 45.2. The van der Waals surface area contributed by atoms with Crippen molar-refractivity contribution in [3.05, 3.63) is 359 Å². The van der Waals surface area contributed by atoms with Crippen molar-refractivity contribution < 1.29 is 37.4 Å². The molecule has 0 saturated carbocycles. The van der Waals surface area contributed by atoms with Gasteiger partial charge >= 0.3 is 0 Å². The summed E-state index contributed by atoms with van der Waals surface area (Å²) in [5.74, 6) is 0. The monoisotopic (exact) mass is 1100 g/mol. The Bertz CT molecular complexity index is 3680. The number of aromatic nitrogens is 4. The van der Waals surface area contributed by atoms with Crippen molar-refractivity contribution in [1.29, 1.82) is 0 Å². The van der Waals surface area contributed by atoms with Gasteiger partial charge in [0.15, 0.2) is 75.8 Å². The Morgan fingerprint density at radius 3 is 0.541 bits per heavy atom. The van der Waals surface area contributed by atoms with E-state index in [0.29, 0.717) is 48.4 Å². The summed E-state index contributed by atoms with van der Waals surface area (Å²) in [7, 11) is 0. The standard InChI is InChI=1S/C77H60N4O4/c82-53-61-1-17-65(18-2-61)69-33-41-78(42-34-69)49-57-9-25-73(26-10-57)77(74-27-11-58(12-28-74)50-79-43-35-70(36-44-79)66-19-3-62(54-83)4-20-66,75-29-13-59(14-30-75)51-80-45-37-71(38-46-80)67-21-5-63(55-84)6-22-67)76-31-15-60(16-32-76)52-81-47-39-72(40-48-81)68-23-7-64(56-85)8-24-68/h1-48,53-56H,49-52H2/q+4. The highest BCUT2D eigenvalue weighted by atomic mass is 16.1. The number of carbonyl (C=O) groups is 4. The van der Waals surface area contributed by atoms with Crippen LogP contribution >= 0.6 is 0 Å². The first-order valence-electron chi connectivity index (χ1n) is 28.4. The molecule has 0 amide bonds. The van der Waals surface area contributed by atoms with Crippen molar-refractivity contribution in [1.82, 2.24) is 0 Å². The first-order chi connectivity index (χ1) is 41.8. The second-order valence-electron chi connectivity index (χ2n) is 21.5. The molecule has 0 unspecified atom stereocenters. The lowest BCUT2D eigenvalue weighted by Crippen LogP contribution is -2.35. The summed E-state index contributed by atoms with van der Waals surface area (Å²) in [5, 5.41) is 0. The van der Waals surface area contributed by atoms with Crippen LogP contribution in [0.1, 0.15) is 85.9 Å². The maximum absolute atomic E-state index is 11.3. The van der Waals surface area contributed by atoms with Crippen molar-refractivity contribution >= 4 is 25.1 Å². The van der Waals surface area contributed by atoms with Gasteiger partial charge in [-0.3, -0.25) is 19.2 Å². The normalized spacial score (nSPS) is 11.2. The fraction of sp³-hybridized carbons (Fsp3) is 0.0649. The SMILES string of the molecule is O=Cc1ccc(-c2cc[n+](Cc3ccc(C(c4ccc(C[n+]5ccc(-c6ccc(C=O)cc6)cc5)cc4)(c4ccc(C[n+]5ccc(-c6ccc(C=O)cc6)cc5)cc4)c4ccc(C[n+]5ccc(-c6ccc(C=O)cc6)cc5)cc4)cc3)cc2)cc1. The number of aldehydes is 4. The van der Waals surface area contributed by atoms with Crippen LogP contribution in [0.5, 0.6) is 0 Å². The van der Waals surface area contributed by atoms with E-state index >= 15 is 0 Å². The summed E-state index contributed by atoms with van der Waals surface area (Å²) >= 11 is 0. The van der Waals surface area contributed by atoms with Crippen LogP contribution in [0.15, 0.2) is 292 Å². The van der Waals surface area contributed by atoms with E-state index in [-0.39, 0.29) is 0 Å². The molecular formula is C77H60N4O4+4. The Hall–Kier alpha value is -11.0. The lowest BCUT2D eigenvalue weighted by molar-refractivity contribution is -0.688. The molecule has 85 heavy (non-hydrogen) atoms. The van der Waals surface area contributed by atoms with Crippen LogP contribution in [0.3, 0.4) is 0 Å². The topological polar surface area (TPSA) is 83.8 Å². The third-order valence-electron chi connectivity index (χ3n) is 16.1. The van der Waals surface area contributed by atoms with Gasteiger partial charge in [-0.2, -0.15) is 0 Å². The Kier molecular flexibility index (Phi) is 16.1. The smallest absolute Gasteiger partial charge is 0.173 e. The van der Waals surface area contributed by atoms with Crippen LogP contribution in [0.2, 0.25) is 0 Å². The molecule has 12 rings (SSSR count). The van der Waals surface area contributed by atoms with Gasteiger partial charge in [0, 0.05) is 93.0 Å². The average Bonchev–Trinajstić information content (AvgIpc) is 1.45. The van der Waals surface area contributed by atoms with Gasteiger partial charge in [0.2, 0.25) is 0 Å². The second-order valence-corrected chi connectivity index (χ2v) is 21.5. The summed E-state index contributed by atoms with van der Waals surface area (Å²) < 4.78 is 8.76. The third kappa shape index (κ3) is 12.3. The van der Waals surface area contributed by atoms with E-state index < -0.39 is 5.41 Å². The largest absolute Gasteiger partial charge is 0.298 e. The Morgan fingerprint density at radius 2 is 0.376 bits per heavy atom. The van der Waals surface area contributed by atoms with E-state index in [4.69, 9.17) is 0 Å². The lowest BCUT2D eigenvalue weighted by atomic mass is 9.65. The summed E-state index contributed by atoms with van der Waals surface area (Å²) in [6.45, 7) is 2.71. The molecule has 4 aromatic heterocycles. The number of pyridine rings is 4. The zero-order valence-corrected chi connectivity index (χ0v) is 46.8. The first kappa shape index (κ1) is 54.6. The molecule has 0 radical (unpaired) electrons. The van der Waals surface area contributed by atoms with Crippen molar-refractivity contribution in [2.45, 2.75) is 31.6 Å². The zero-order valence-electron chi connectivity index (χ0n) is 46.8. The molecule has 0 N–H and O–H groups in total. The van der Waals surface area contributed by atoms with Crippen molar-refractivity contribution in [3.63, 3.8) is 0 Å². The molecule has 0 saturated heterocycles. The maximum atomic E-state index is 11.3. The van der Waals surface area contributed by atoms with E-state index in [1.165, 1.54) is 0 Å². The summed E-state index contributed by atoms with van der Waals surface area (Å²) in [6.07, 6.45) is 20.3. The molecule has 0 aliphatic carbocycles. The minimum Gasteiger partial charge on any atom is -0.298 e. The number of nitrogens with zero attached hydrogens (tertiary/aromatic N) is 4. The zero-order chi connectivity index (χ0) is 58.0. The predicted octanol–water partition coefficient (Wildman–Crippen LogP) is 13.3. The molecule has 408 valence electrons. The quantitative estimate of drug-likeness (QED) is 0.0432. The minimum atomic E-state index is -0.751. The van der Waals surface area contributed by atoms with Gasteiger partial charge < -0.3 is 0 Å². The Morgan fingerprint density at radius 1 is 0.212 bits per heavy atom. The molecule has 0 aliphatic rings. The van der Waals surface area contributed by atoms with Crippen LogP contribution < -0.4 is 18.3 Å². The highest BCUT2D eigenvalue weighted by Crippen LogP contribution is 2.46. The first-order valence-corrected chi connectivity index (χ1v) is 28.4. The van der Waals surface area contributed by atoms with Gasteiger partial charge in [0.05, 0.1) is 5.41 Å². The molecule has 0 bridgehead atoms. The highest BCUT2D eigenvalue weighted by Gasteiger charge is 2.39. The highest BCUT2D eigenvalue weighted by molar-refractivity contribution is 5.79. The van der Waals surface area contributed by atoms with Crippen LogP contribution in [-0.2, 0) is 31.6 Å². The third-order valence-corrected chi connectivity index (χ3v) is 16.1. The van der Waals surface area contributed by atoms with Crippen molar-refractivity contribution in [3.8, 4) is 44.5 Å². The van der Waals surface area contributed by atoms with E-state index in [9.17, 15) is 19.2 Å². The fourth-order valence-electron chi connectivity index (χ4n) is 11.3. The van der Waals surface area contributed by atoms with Gasteiger partial charge in [-0.05, 0) is 66.8 Å². The van der Waals surface area contributed by atoms with Crippen LogP contribution in [-0.4, -0.2) is 25.1 Å². The molecule has 8 aromatic carbocycles. The van der Waals surface area contributed by atoms with Gasteiger partial charge in [-0.1, -0.05) is 194 Å². The Balaban J connectivity index is 0.899. The average molecular weight is 1110 g/mol. The number of carbonyl (C=O) groups excluding carboxylic acids is 4. The van der Waals surface area contributed by atoms with Gasteiger partial charge in [-0.25, -0.2) is 18.3 Å². The van der Waals surface area contributed by atoms with Gasteiger partial charge in [0.25, 0.3) is 0 Å². The molecule has 4 heterocycles. The fourth-order valence-corrected chi connectivity index (χ4v) is 11.3. The maximum Gasteiger partial charge on any atom is 0.173 e. The van der Waals surface area contributed by atoms with Crippen molar-refractivity contribution in [2.24, 2.45) is 0 Å². The van der Waals surface area contributed by atoms with E-state index in [1.54, 1.807) is 0 Å². The van der Waals surface area contributed by atoms with Gasteiger partial charge in [0.1, 0.15) is 25.1 Å².